The lowest BCUT2D eigenvalue weighted by atomic mass is 9.87. The zero-order chi connectivity index (χ0) is 10.9. The minimum atomic E-state index is -0.762. The maximum Gasteiger partial charge on any atom is 0.332 e. The molecule has 1 aromatic heterocycles. The first-order valence-corrected chi connectivity index (χ1v) is 5.10. The van der Waals surface area contributed by atoms with Crippen molar-refractivity contribution in [3.05, 3.63) is 17.7 Å². The summed E-state index contributed by atoms with van der Waals surface area (Å²) < 4.78 is 4.85. The molecule has 0 spiro atoms. The van der Waals surface area contributed by atoms with Crippen LogP contribution >= 0.6 is 0 Å². The molecule has 0 aliphatic carbocycles. The van der Waals surface area contributed by atoms with Crippen molar-refractivity contribution in [2.45, 2.75) is 25.3 Å². The predicted octanol–water partition coefficient (Wildman–Crippen LogP) is 0.334. The molecular weight excluding hydrogens is 194 g/mol. The number of H-pyrrole nitrogens is 1. The van der Waals surface area contributed by atoms with E-state index in [0.29, 0.717) is 6.42 Å². The van der Waals surface area contributed by atoms with Crippen molar-refractivity contribution in [3.63, 3.8) is 0 Å². The lowest BCUT2D eigenvalue weighted by molar-refractivity contribution is -0.149. The molecule has 1 aliphatic rings. The number of nitrogens with one attached hydrogen (secondary N) is 2. The third-order valence-corrected chi connectivity index (χ3v) is 2.99. The van der Waals surface area contributed by atoms with Gasteiger partial charge in [-0.2, -0.15) is 0 Å². The Labute approximate surface area is 88.2 Å². The van der Waals surface area contributed by atoms with E-state index >= 15 is 0 Å². The number of imidazole rings is 1. The van der Waals surface area contributed by atoms with Crippen molar-refractivity contribution in [2.75, 3.05) is 13.7 Å². The molecule has 5 nitrogen and oxygen atoms in total. The second kappa shape index (κ2) is 3.66. The van der Waals surface area contributed by atoms with E-state index in [-0.39, 0.29) is 5.97 Å². The van der Waals surface area contributed by atoms with Gasteiger partial charge in [0.2, 0.25) is 0 Å². The van der Waals surface area contributed by atoms with E-state index in [1.807, 2.05) is 6.92 Å². The number of ether oxygens (including phenoxy) is 1. The second-order valence-electron chi connectivity index (χ2n) is 3.66. The zero-order valence-electron chi connectivity index (χ0n) is 8.96. The molecule has 2 N–H and O–H groups in total. The highest BCUT2D eigenvalue weighted by Crippen LogP contribution is 2.30. The summed E-state index contributed by atoms with van der Waals surface area (Å²) in [5.74, 6) is -0.266. The van der Waals surface area contributed by atoms with Gasteiger partial charge in [-0.15, -0.1) is 0 Å². The summed E-state index contributed by atoms with van der Waals surface area (Å²) in [5.41, 5.74) is 1.05. The SMILES string of the molecule is CC[C@]1(C(=O)OC)NCCc2[nH]cnc21. The normalized spacial score (nSPS) is 24.7. The standard InChI is InChI=1S/C10H15N3O2/c1-3-10(9(14)15-2)8-7(4-5-13-10)11-6-12-8/h6,13H,3-5H2,1-2H3,(H,11,12)/t10-/m0/s1. The number of rotatable bonds is 2. The molecule has 5 heteroatoms. The third kappa shape index (κ3) is 1.34. The van der Waals surface area contributed by atoms with Gasteiger partial charge in [-0.3, -0.25) is 5.32 Å². The predicted molar refractivity (Wildman–Crippen MR) is 54.3 cm³/mol. The number of esters is 1. The first kappa shape index (κ1) is 10.2. The molecule has 15 heavy (non-hydrogen) atoms. The largest absolute Gasteiger partial charge is 0.467 e. The van der Waals surface area contributed by atoms with Crippen LogP contribution in [0.4, 0.5) is 0 Å². The Morgan fingerprint density at radius 2 is 2.53 bits per heavy atom. The lowest BCUT2D eigenvalue weighted by Gasteiger charge is -2.33. The third-order valence-electron chi connectivity index (χ3n) is 2.99. The van der Waals surface area contributed by atoms with Crippen molar-refractivity contribution in [1.82, 2.24) is 15.3 Å². The van der Waals surface area contributed by atoms with Crippen LogP contribution in [0.25, 0.3) is 0 Å². The van der Waals surface area contributed by atoms with Crippen molar-refractivity contribution in [2.24, 2.45) is 0 Å². The summed E-state index contributed by atoms with van der Waals surface area (Å²) in [7, 11) is 1.41. The molecule has 2 heterocycles. The number of nitrogens with zero attached hydrogens (tertiary/aromatic N) is 1. The topological polar surface area (TPSA) is 67.0 Å². The summed E-state index contributed by atoms with van der Waals surface area (Å²) in [6.07, 6.45) is 3.14. The minimum absolute atomic E-state index is 0.266. The van der Waals surface area contributed by atoms with Gasteiger partial charge in [-0.05, 0) is 6.42 Å². The molecule has 82 valence electrons. The van der Waals surface area contributed by atoms with Crippen LogP contribution in [0.5, 0.6) is 0 Å². The Morgan fingerprint density at radius 3 is 3.20 bits per heavy atom. The van der Waals surface area contributed by atoms with Gasteiger partial charge < -0.3 is 9.72 Å². The number of carbonyl (C=O) groups is 1. The zero-order valence-corrected chi connectivity index (χ0v) is 8.96. The molecule has 0 aromatic carbocycles. The van der Waals surface area contributed by atoms with E-state index in [4.69, 9.17) is 4.74 Å². The lowest BCUT2D eigenvalue weighted by Crippen LogP contribution is -2.53. The molecule has 0 fully saturated rings. The summed E-state index contributed by atoms with van der Waals surface area (Å²) in [6.45, 7) is 2.71. The summed E-state index contributed by atoms with van der Waals surface area (Å²) >= 11 is 0. The number of methoxy groups -OCH3 is 1. The van der Waals surface area contributed by atoms with Gasteiger partial charge in [0.1, 0.15) is 0 Å². The van der Waals surface area contributed by atoms with Gasteiger partial charge in [0.25, 0.3) is 0 Å². The molecule has 0 bridgehead atoms. The maximum absolute atomic E-state index is 11.8. The fourth-order valence-corrected chi connectivity index (χ4v) is 2.14. The highest BCUT2D eigenvalue weighted by atomic mass is 16.5. The Morgan fingerprint density at radius 1 is 1.73 bits per heavy atom. The molecular formula is C10H15N3O2. The van der Waals surface area contributed by atoms with Crippen LogP contribution in [0.2, 0.25) is 0 Å². The Bertz CT molecular complexity index is 374. The first-order chi connectivity index (χ1) is 7.24. The monoisotopic (exact) mass is 209 g/mol. The molecule has 0 unspecified atom stereocenters. The van der Waals surface area contributed by atoms with Crippen LogP contribution in [-0.2, 0) is 21.5 Å². The van der Waals surface area contributed by atoms with E-state index in [2.05, 4.69) is 15.3 Å². The van der Waals surface area contributed by atoms with Crippen molar-refractivity contribution in [1.29, 1.82) is 0 Å². The number of carbonyl (C=O) groups excluding carboxylic acids is 1. The number of fused-ring (bicyclic) bond motifs is 1. The van der Waals surface area contributed by atoms with Gasteiger partial charge >= 0.3 is 5.97 Å². The van der Waals surface area contributed by atoms with E-state index in [9.17, 15) is 4.79 Å². The van der Waals surface area contributed by atoms with E-state index in [1.165, 1.54) is 7.11 Å². The summed E-state index contributed by atoms with van der Waals surface area (Å²) in [4.78, 5) is 19.1. The molecule has 1 aliphatic heterocycles. The first-order valence-electron chi connectivity index (χ1n) is 5.10. The Hall–Kier alpha value is -1.36. The highest BCUT2D eigenvalue weighted by Gasteiger charge is 2.44. The molecule has 0 amide bonds. The van der Waals surface area contributed by atoms with Crippen molar-refractivity contribution < 1.29 is 9.53 Å². The average Bonchev–Trinajstić information content (AvgIpc) is 2.75. The van der Waals surface area contributed by atoms with Crippen molar-refractivity contribution >= 4 is 5.97 Å². The van der Waals surface area contributed by atoms with Gasteiger partial charge in [-0.25, -0.2) is 9.78 Å². The van der Waals surface area contributed by atoms with Gasteiger partial charge in [0, 0.05) is 18.7 Å². The number of aromatic nitrogens is 2. The Balaban J connectivity index is 2.48. The van der Waals surface area contributed by atoms with Crippen LogP contribution in [0.15, 0.2) is 6.33 Å². The van der Waals surface area contributed by atoms with Crippen LogP contribution < -0.4 is 5.32 Å². The molecule has 1 atom stereocenters. The summed E-state index contributed by atoms with van der Waals surface area (Å²) in [6, 6.07) is 0. The second-order valence-corrected chi connectivity index (χ2v) is 3.66. The molecule has 0 radical (unpaired) electrons. The quantitative estimate of drug-likeness (QED) is 0.689. The number of hydrogen-bond acceptors (Lipinski definition) is 4. The molecule has 2 rings (SSSR count). The minimum Gasteiger partial charge on any atom is -0.467 e. The van der Waals surface area contributed by atoms with E-state index < -0.39 is 5.54 Å². The Kier molecular flexibility index (Phi) is 2.48. The van der Waals surface area contributed by atoms with Crippen LogP contribution in [-0.4, -0.2) is 29.6 Å². The van der Waals surface area contributed by atoms with Gasteiger partial charge in [0.15, 0.2) is 5.54 Å². The van der Waals surface area contributed by atoms with Gasteiger partial charge in [-0.1, -0.05) is 6.92 Å². The van der Waals surface area contributed by atoms with Crippen LogP contribution in [0.1, 0.15) is 24.7 Å². The fraction of sp³-hybridized carbons (Fsp3) is 0.600. The fourth-order valence-electron chi connectivity index (χ4n) is 2.14. The highest BCUT2D eigenvalue weighted by molar-refractivity contribution is 5.82. The number of aromatic amines is 1. The maximum atomic E-state index is 11.8. The molecule has 0 saturated heterocycles. The van der Waals surface area contributed by atoms with Crippen LogP contribution in [0.3, 0.4) is 0 Å². The molecule has 1 aromatic rings. The smallest absolute Gasteiger partial charge is 0.332 e. The summed E-state index contributed by atoms with van der Waals surface area (Å²) in [5, 5.41) is 3.22. The van der Waals surface area contributed by atoms with E-state index in [1.54, 1.807) is 6.33 Å². The van der Waals surface area contributed by atoms with Crippen molar-refractivity contribution in [3.8, 4) is 0 Å². The van der Waals surface area contributed by atoms with E-state index in [0.717, 1.165) is 24.4 Å². The van der Waals surface area contributed by atoms with Crippen LogP contribution in [0, 0.1) is 0 Å². The average molecular weight is 209 g/mol. The molecule has 0 saturated carbocycles. The number of hydrogen-bond donors (Lipinski definition) is 2. The van der Waals surface area contributed by atoms with Gasteiger partial charge in [0.05, 0.1) is 19.1 Å².